The minimum Gasteiger partial charge on any atom is -0.456 e. The summed E-state index contributed by atoms with van der Waals surface area (Å²) in [5.74, 6) is 1.04. The lowest BCUT2D eigenvalue weighted by atomic mass is 10.1. The molecule has 3 N–H and O–H groups in total. The number of ether oxygens (including phenoxy) is 1. The summed E-state index contributed by atoms with van der Waals surface area (Å²) in [6, 6.07) is 7.11. The van der Waals surface area contributed by atoms with Crippen LogP contribution in [0.3, 0.4) is 0 Å². The highest BCUT2D eigenvalue weighted by Crippen LogP contribution is 2.31. The van der Waals surface area contributed by atoms with Gasteiger partial charge >= 0.3 is 0 Å². The van der Waals surface area contributed by atoms with Gasteiger partial charge < -0.3 is 15.7 Å². The summed E-state index contributed by atoms with van der Waals surface area (Å²) in [5, 5.41) is 12.5. The lowest BCUT2D eigenvalue weighted by molar-refractivity contribution is 0.318. The molecule has 0 atom stereocenters. The van der Waals surface area contributed by atoms with E-state index in [0.29, 0.717) is 27.8 Å². The van der Waals surface area contributed by atoms with E-state index in [0.717, 1.165) is 11.3 Å². The molecule has 110 valence electrons. The number of aryl methyl sites for hydroxylation is 3. The molecule has 0 unspecified atom stereocenters. The highest BCUT2D eigenvalue weighted by atomic mass is 35.5. The SMILES string of the molecule is Cc1cc(Oc2cc(Cl)ccc2C)c(/C(N)=N/O)c(C)n1. The van der Waals surface area contributed by atoms with Crippen molar-refractivity contribution >= 4 is 17.4 Å². The molecule has 0 saturated carbocycles. The predicted octanol–water partition coefficient (Wildman–Crippen LogP) is 3.55. The first kappa shape index (κ1) is 15.1. The zero-order valence-corrected chi connectivity index (χ0v) is 12.8. The molecule has 21 heavy (non-hydrogen) atoms. The number of benzene rings is 1. The van der Waals surface area contributed by atoms with Crippen molar-refractivity contribution in [2.75, 3.05) is 0 Å². The van der Waals surface area contributed by atoms with Crippen LogP contribution in [0.15, 0.2) is 29.4 Å². The molecule has 1 aromatic carbocycles. The fourth-order valence-corrected chi connectivity index (χ4v) is 2.20. The number of pyridine rings is 1. The van der Waals surface area contributed by atoms with Gasteiger partial charge in [-0.2, -0.15) is 0 Å². The van der Waals surface area contributed by atoms with Gasteiger partial charge in [0.1, 0.15) is 11.5 Å². The zero-order valence-electron chi connectivity index (χ0n) is 12.0. The largest absolute Gasteiger partial charge is 0.456 e. The van der Waals surface area contributed by atoms with Gasteiger partial charge in [0.05, 0.1) is 11.3 Å². The number of nitrogens with two attached hydrogens (primary N) is 1. The minimum absolute atomic E-state index is 0.0466. The van der Waals surface area contributed by atoms with Crippen LogP contribution in [0.4, 0.5) is 0 Å². The molecule has 0 fully saturated rings. The second kappa shape index (κ2) is 6.01. The van der Waals surface area contributed by atoms with E-state index in [1.165, 1.54) is 0 Å². The van der Waals surface area contributed by atoms with Crippen LogP contribution in [0.2, 0.25) is 5.02 Å². The molecule has 0 amide bonds. The first-order chi connectivity index (χ1) is 9.92. The smallest absolute Gasteiger partial charge is 0.175 e. The normalized spacial score (nSPS) is 11.5. The molecular formula is C15H16ClN3O2. The van der Waals surface area contributed by atoms with Crippen LogP contribution in [-0.2, 0) is 0 Å². The number of hydrogen-bond donors (Lipinski definition) is 2. The Morgan fingerprint density at radius 2 is 1.95 bits per heavy atom. The van der Waals surface area contributed by atoms with E-state index < -0.39 is 0 Å². The standard InChI is InChI=1S/C15H16ClN3O2/c1-8-4-5-11(16)7-12(8)21-13-6-9(2)18-10(3)14(13)15(17)19-20/h4-7,20H,1-3H3,(H2,17,19). The summed E-state index contributed by atoms with van der Waals surface area (Å²) in [7, 11) is 0. The van der Waals surface area contributed by atoms with Crippen molar-refractivity contribution in [2.24, 2.45) is 10.9 Å². The number of hydrogen-bond acceptors (Lipinski definition) is 4. The fraction of sp³-hybridized carbons (Fsp3) is 0.200. The van der Waals surface area contributed by atoms with Crippen molar-refractivity contribution in [3.8, 4) is 11.5 Å². The van der Waals surface area contributed by atoms with Crippen LogP contribution in [0, 0.1) is 20.8 Å². The van der Waals surface area contributed by atoms with Crippen LogP contribution < -0.4 is 10.5 Å². The predicted molar refractivity (Wildman–Crippen MR) is 82.5 cm³/mol. The molecule has 0 bridgehead atoms. The highest BCUT2D eigenvalue weighted by molar-refractivity contribution is 6.30. The zero-order chi connectivity index (χ0) is 15.6. The Hall–Kier alpha value is -2.27. The van der Waals surface area contributed by atoms with Crippen molar-refractivity contribution in [1.82, 2.24) is 4.98 Å². The lowest BCUT2D eigenvalue weighted by Crippen LogP contribution is -2.17. The van der Waals surface area contributed by atoms with Crippen LogP contribution in [-0.4, -0.2) is 16.0 Å². The van der Waals surface area contributed by atoms with Crippen LogP contribution in [0.5, 0.6) is 11.5 Å². The summed E-state index contributed by atoms with van der Waals surface area (Å²) in [5.41, 5.74) is 8.51. The van der Waals surface area contributed by atoms with Crippen molar-refractivity contribution in [3.05, 3.63) is 51.8 Å². The van der Waals surface area contributed by atoms with E-state index in [2.05, 4.69) is 10.1 Å². The molecule has 0 aliphatic carbocycles. The van der Waals surface area contributed by atoms with Gasteiger partial charge in [0.2, 0.25) is 0 Å². The second-order valence-corrected chi connectivity index (χ2v) is 5.16. The molecule has 0 saturated heterocycles. The third-order valence-corrected chi connectivity index (χ3v) is 3.26. The molecule has 2 rings (SSSR count). The monoisotopic (exact) mass is 305 g/mol. The summed E-state index contributed by atoms with van der Waals surface area (Å²) in [6.45, 7) is 5.54. The van der Waals surface area contributed by atoms with Crippen LogP contribution in [0.1, 0.15) is 22.5 Å². The van der Waals surface area contributed by atoms with Crippen molar-refractivity contribution in [3.63, 3.8) is 0 Å². The number of halogens is 1. The van der Waals surface area contributed by atoms with E-state index in [4.69, 9.17) is 27.3 Å². The molecule has 0 aliphatic heterocycles. The Kier molecular flexibility index (Phi) is 4.33. The van der Waals surface area contributed by atoms with Crippen LogP contribution in [0.25, 0.3) is 0 Å². The molecule has 6 heteroatoms. The average Bonchev–Trinajstić information content (AvgIpc) is 2.41. The van der Waals surface area contributed by atoms with Crippen molar-refractivity contribution in [2.45, 2.75) is 20.8 Å². The number of rotatable bonds is 3. The number of aromatic nitrogens is 1. The summed E-state index contributed by atoms with van der Waals surface area (Å²) >= 11 is 5.99. The maximum absolute atomic E-state index is 8.93. The Bertz CT molecular complexity index is 714. The second-order valence-electron chi connectivity index (χ2n) is 4.72. The lowest BCUT2D eigenvalue weighted by Gasteiger charge is -2.14. The van der Waals surface area contributed by atoms with Crippen molar-refractivity contribution in [1.29, 1.82) is 0 Å². The third-order valence-electron chi connectivity index (χ3n) is 3.03. The number of nitrogens with zero attached hydrogens (tertiary/aromatic N) is 2. The van der Waals surface area contributed by atoms with E-state index in [1.807, 2.05) is 19.9 Å². The third kappa shape index (κ3) is 3.25. The Labute approximate surface area is 128 Å². The van der Waals surface area contributed by atoms with Gasteiger partial charge in [0.25, 0.3) is 0 Å². The van der Waals surface area contributed by atoms with Gasteiger partial charge in [-0.05, 0) is 38.5 Å². The van der Waals surface area contributed by atoms with E-state index in [9.17, 15) is 0 Å². The summed E-state index contributed by atoms with van der Waals surface area (Å²) in [6.07, 6.45) is 0. The number of oxime groups is 1. The van der Waals surface area contributed by atoms with Gasteiger partial charge in [0, 0.05) is 16.8 Å². The van der Waals surface area contributed by atoms with E-state index >= 15 is 0 Å². The van der Waals surface area contributed by atoms with Gasteiger partial charge in [-0.1, -0.05) is 22.8 Å². The van der Waals surface area contributed by atoms with Crippen LogP contribution >= 0.6 is 11.6 Å². The number of amidine groups is 1. The molecular weight excluding hydrogens is 290 g/mol. The topological polar surface area (TPSA) is 80.7 Å². The summed E-state index contributed by atoms with van der Waals surface area (Å²) < 4.78 is 5.91. The summed E-state index contributed by atoms with van der Waals surface area (Å²) in [4.78, 5) is 4.31. The van der Waals surface area contributed by atoms with Gasteiger partial charge in [-0.3, -0.25) is 4.98 Å². The Morgan fingerprint density at radius 3 is 2.62 bits per heavy atom. The molecule has 5 nitrogen and oxygen atoms in total. The molecule has 1 aromatic heterocycles. The minimum atomic E-state index is -0.0466. The molecule has 0 aliphatic rings. The van der Waals surface area contributed by atoms with Crippen molar-refractivity contribution < 1.29 is 9.94 Å². The molecule has 1 heterocycles. The molecule has 0 spiro atoms. The first-order valence-corrected chi connectivity index (χ1v) is 6.70. The Balaban J connectivity index is 2.55. The average molecular weight is 306 g/mol. The maximum Gasteiger partial charge on any atom is 0.175 e. The Morgan fingerprint density at radius 1 is 1.24 bits per heavy atom. The molecule has 2 aromatic rings. The molecule has 0 radical (unpaired) electrons. The van der Waals surface area contributed by atoms with Gasteiger partial charge in [-0.25, -0.2) is 0 Å². The van der Waals surface area contributed by atoms with E-state index in [1.54, 1.807) is 25.1 Å². The maximum atomic E-state index is 8.93. The highest BCUT2D eigenvalue weighted by Gasteiger charge is 2.16. The van der Waals surface area contributed by atoms with E-state index in [-0.39, 0.29) is 5.84 Å². The van der Waals surface area contributed by atoms with Gasteiger partial charge in [-0.15, -0.1) is 0 Å². The van der Waals surface area contributed by atoms with Gasteiger partial charge in [0.15, 0.2) is 5.84 Å². The quantitative estimate of drug-likeness (QED) is 0.393. The first-order valence-electron chi connectivity index (χ1n) is 6.32. The fourth-order valence-electron chi connectivity index (χ4n) is 2.04.